The smallest absolute Gasteiger partial charge is 0.870 e. The Morgan fingerprint density at radius 2 is 0.667 bits per heavy atom. The summed E-state index contributed by atoms with van der Waals surface area (Å²) < 4.78 is 0. The fourth-order valence-electron chi connectivity index (χ4n) is 0. The Morgan fingerprint density at radius 3 is 0.667 bits per heavy atom. The minimum atomic E-state index is 0. The van der Waals surface area contributed by atoms with Crippen molar-refractivity contribution < 1.29 is 97.4 Å². The molecule has 0 aromatic rings. The van der Waals surface area contributed by atoms with Crippen LogP contribution in [0.1, 0.15) is 0 Å². The Balaban J connectivity index is 0. The van der Waals surface area contributed by atoms with Gasteiger partial charge in [-0.1, -0.05) is 0 Å². The van der Waals surface area contributed by atoms with E-state index in [0.717, 1.165) is 0 Å². The van der Waals surface area contributed by atoms with Gasteiger partial charge in [0, 0.05) is 0 Å². The second kappa shape index (κ2) is 51.1. The van der Waals surface area contributed by atoms with Crippen LogP contribution in [0.2, 0.25) is 0 Å². The van der Waals surface area contributed by atoms with Gasteiger partial charge in [0.05, 0.1) is 0 Å². The molecular weight excluding hydrogens is 124 g/mol. The van der Waals surface area contributed by atoms with Gasteiger partial charge in [-0.25, -0.2) is 0 Å². The van der Waals surface area contributed by atoms with Gasteiger partial charge in [-0.05, 0) is 0 Å². The quantitative estimate of drug-likeness (QED) is 0.328. The first-order chi connectivity index (χ1) is 0. The molecular formula is H7KNNaO3. The first kappa shape index (κ1) is 77.3. The van der Waals surface area contributed by atoms with E-state index in [9.17, 15) is 0 Å². The van der Waals surface area contributed by atoms with Crippen LogP contribution in [0.4, 0.5) is 0 Å². The largest absolute Gasteiger partial charge is 1.00 e. The van der Waals surface area contributed by atoms with Gasteiger partial charge < -0.3 is 22.6 Å². The van der Waals surface area contributed by atoms with Gasteiger partial charge in [-0.15, -0.1) is 0 Å². The Bertz CT molecular complexity index is 10.8. The Kier molecular flexibility index (Phi) is 658. The van der Waals surface area contributed by atoms with Crippen LogP contribution in [0.15, 0.2) is 0 Å². The molecule has 0 bridgehead atoms. The van der Waals surface area contributed by atoms with E-state index in [4.69, 9.17) is 0 Å². The first-order valence-corrected chi connectivity index (χ1v) is 0. The molecule has 7 N–H and O–H groups in total. The average molecular weight is 131 g/mol. The van der Waals surface area contributed by atoms with E-state index < -0.39 is 0 Å². The van der Waals surface area contributed by atoms with Crippen molar-refractivity contribution in [1.82, 2.24) is 6.15 Å². The zero-order valence-corrected chi connectivity index (χ0v) is 9.46. The van der Waals surface area contributed by atoms with Gasteiger partial charge in [-0.3, -0.25) is 0 Å². The molecule has 0 aliphatic heterocycles. The number of rotatable bonds is 0. The normalized spacial score (nSPS) is 0. The number of quaternary nitrogens is 1. The van der Waals surface area contributed by atoms with Crippen LogP contribution in [0.5, 0.6) is 0 Å². The van der Waals surface area contributed by atoms with Crippen molar-refractivity contribution in [3.63, 3.8) is 0 Å². The SMILES string of the molecule is [K+].[NH4+].[Na+].[OH-].[OH-].[OH-]. The van der Waals surface area contributed by atoms with Gasteiger partial charge in [0.15, 0.2) is 0 Å². The van der Waals surface area contributed by atoms with E-state index in [1.807, 2.05) is 0 Å². The van der Waals surface area contributed by atoms with Gasteiger partial charge >= 0.3 is 80.9 Å². The molecule has 0 saturated heterocycles. The van der Waals surface area contributed by atoms with Crippen molar-refractivity contribution >= 4 is 0 Å². The summed E-state index contributed by atoms with van der Waals surface area (Å²) >= 11 is 0. The number of hydrogen-bond donors (Lipinski definition) is 1. The van der Waals surface area contributed by atoms with E-state index >= 15 is 0 Å². The van der Waals surface area contributed by atoms with Crippen molar-refractivity contribution in [3.05, 3.63) is 0 Å². The van der Waals surface area contributed by atoms with E-state index in [-0.39, 0.29) is 104 Å². The molecule has 0 rings (SSSR count). The zero-order chi connectivity index (χ0) is 0. The predicted molar refractivity (Wildman–Crippen MR) is 11.8 cm³/mol. The molecule has 0 fully saturated rings. The summed E-state index contributed by atoms with van der Waals surface area (Å²) in [5, 5.41) is 0. The standard InChI is InChI=1S/K.H3N.Na.3H2O/h;1H3;;3*1H2/q+1;;+1;;;/p-2. The molecule has 32 valence electrons. The summed E-state index contributed by atoms with van der Waals surface area (Å²) in [4.78, 5) is 0. The third-order valence-corrected chi connectivity index (χ3v) is 0. The van der Waals surface area contributed by atoms with Crippen LogP contribution in [-0.4, -0.2) is 16.4 Å². The van der Waals surface area contributed by atoms with Crippen LogP contribution in [0.25, 0.3) is 0 Å². The maximum atomic E-state index is 0. The summed E-state index contributed by atoms with van der Waals surface area (Å²) in [6, 6.07) is 0. The summed E-state index contributed by atoms with van der Waals surface area (Å²) in [5.41, 5.74) is 0. The van der Waals surface area contributed by atoms with Crippen molar-refractivity contribution in [3.8, 4) is 0 Å². The van der Waals surface area contributed by atoms with Crippen LogP contribution in [-0.2, 0) is 0 Å². The van der Waals surface area contributed by atoms with Gasteiger partial charge in [0.2, 0.25) is 0 Å². The second-order valence-corrected chi connectivity index (χ2v) is 0. The molecule has 0 heterocycles. The van der Waals surface area contributed by atoms with Crippen molar-refractivity contribution in [2.75, 3.05) is 0 Å². The molecule has 0 aliphatic rings. The molecule has 0 aromatic heterocycles. The minimum Gasteiger partial charge on any atom is -0.870 e. The Labute approximate surface area is 101 Å². The first-order valence-electron chi connectivity index (χ1n) is 0. The van der Waals surface area contributed by atoms with E-state index in [2.05, 4.69) is 0 Å². The third-order valence-electron chi connectivity index (χ3n) is 0. The van der Waals surface area contributed by atoms with Crippen molar-refractivity contribution in [2.24, 2.45) is 0 Å². The Morgan fingerprint density at radius 1 is 0.667 bits per heavy atom. The van der Waals surface area contributed by atoms with E-state index in [0.29, 0.717) is 0 Å². The van der Waals surface area contributed by atoms with Crippen molar-refractivity contribution in [1.29, 1.82) is 0 Å². The molecule has 0 saturated carbocycles. The molecule has 0 radical (unpaired) electrons. The Hall–Kier alpha value is 2.48. The molecule has 0 unspecified atom stereocenters. The summed E-state index contributed by atoms with van der Waals surface area (Å²) in [6.45, 7) is 0. The fourth-order valence-corrected chi connectivity index (χ4v) is 0. The zero-order valence-electron chi connectivity index (χ0n) is 4.34. The third kappa shape index (κ3) is 31.7. The molecule has 0 amide bonds. The van der Waals surface area contributed by atoms with E-state index in [1.54, 1.807) is 0 Å². The van der Waals surface area contributed by atoms with Crippen LogP contribution in [0, 0.1) is 0 Å². The summed E-state index contributed by atoms with van der Waals surface area (Å²) in [5.74, 6) is 0. The molecule has 6 heavy (non-hydrogen) atoms. The van der Waals surface area contributed by atoms with Gasteiger partial charge in [-0.2, -0.15) is 0 Å². The minimum absolute atomic E-state index is 0. The second-order valence-electron chi connectivity index (χ2n) is 0. The van der Waals surface area contributed by atoms with Crippen LogP contribution in [0.3, 0.4) is 0 Å². The molecule has 0 aromatic carbocycles. The maximum Gasteiger partial charge on any atom is 1.00 e. The average Bonchev–Trinajstić information content (AvgIpc) is 0. The molecule has 0 atom stereocenters. The summed E-state index contributed by atoms with van der Waals surface area (Å²) in [6.07, 6.45) is 0. The topological polar surface area (TPSA) is 126 Å². The maximum absolute atomic E-state index is 0. The number of hydrogen-bond acceptors (Lipinski definition) is 3. The monoisotopic (exact) mass is 131 g/mol. The van der Waals surface area contributed by atoms with Gasteiger partial charge in [0.1, 0.15) is 0 Å². The molecule has 0 aliphatic carbocycles. The van der Waals surface area contributed by atoms with Crippen LogP contribution < -0.4 is 87.1 Å². The predicted octanol–water partition coefficient (Wildman–Crippen LogP) is -6.15. The van der Waals surface area contributed by atoms with E-state index in [1.165, 1.54) is 0 Å². The van der Waals surface area contributed by atoms with Gasteiger partial charge in [0.25, 0.3) is 0 Å². The van der Waals surface area contributed by atoms with Crippen LogP contribution >= 0.6 is 0 Å². The van der Waals surface area contributed by atoms with Crippen molar-refractivity contribution in [2.45, 2.75) is 0 Å². The summed E-state index contributed by atoms with van der Waals surface area (Å²) in [7, 11) is 0. The fraction of sp³-hybridized carbons (Fsp3) is 0. The molecule has 6 heteroatoms. The molecule has 0 spiro atoms. The molecule has 4 nitrogen and oxygen atoms in total.